The number of halogens is 4. The maximum Gasteiger partial charge on any atom is 0.433 e. The molecule has 110 valence electrons. The molecule has 8 heteroatoms. The average molecular weight is 315 g/mol. The number of nitrogens with one attached hydrogen (secondary N) is 1. The number of hydrogen-bond acceptors (Lipinski definition) is 3. The van der Waals surface area contributed by atoms with Crippen molar-refractivity contribution in [1.29, 1.82) is 0 Å². The molecule has 1 aromatic carbocycles. The first-order valence-electron chi connectivity index (χ1n) is 5.68. The molecule has 0 aliphatic carbocycles. The van der Waals surface area contributed by atoms with Gasteiger partial charge in [0.1, 0.15) is 22.3 Å². The lowest BCUT2D eigenvalue weighted by molar-refractivity contribution is -0.141. The molecular formula is C13H9F4N3S. The number of pyridine rings is 1. The van der Waals surface area contributed by atoms with Crippen molar-refractivity contribution in [3.05, 3.63) is 53.5 Å². The number of anilines is 2. The summed E-state index contributed by atoms with van der Waals surface area (Å²) in [5.41, 5.74) is 4.39. The fraction of sp³-hybridized carbons (Fsp3) is 0.0769. The van der Waals surface area contributed by atoms with Gasteiger partial charge in [-0.2, -0.15) is 13.2 Å². The van der Waals surface area contributed by atoms with Crippen LogP contribution in [0.5, 0.6) is 0 Å². The Kier molecular flexibility index (Phi) is 4.08. The molecule has 0 bridgehead atoms. The molecule has 0 saturated heterocycles. The zero-order valence-corrected chi connectivity index (χ0v) is 11.2. The van der Waals surface area contributed by atoms with Crippen LogP contribution < -0.4 is 11.1 Å². The minimum Gasteiger partial charge on any atom is -0.389 e. The summed E-state index contributed by atoms with van der Waals surface area (Å²) >= 11 is 4.76. The van der Waals surface area contributed by atoms with E-state index in [2.05, 4.69) is 10.3 Å². The number of benzene rings is 1. The lowest BCUT2D eigenvalue weighted by Crippen LogP contribution is -2.16. The van der Waals surface area contributed by atoms with Crippen LogP contribution in [0.2, 0.25) is 0 Å². The molecule has 1 heterocycles. The zero-order chi connectivity index (χ0) is 15.6. The predicted molar refractivity (Wildman–Crippen MR) is 74.8 cm³/mol. The topological polar surface area (TPSA) is 50.9 Å². The Balaban J connectivity index is 2.49. The number of aromatic nitrogens is 1. The third-order valence-electron chi connectivity index (χ3n) is 2.58. The minimum absolute atomic E-state index is 0.0261. The smallest absolute Gasteiger partial charge is 0.389 e. The van der Waals surface area contributed by atoms with Gasteiger partial charge in [0, 0.05) is 0 Å². The Labute approximate surface area is 122 Å². The van der Waals surface area contributed by atoms with Gasteiger partial charge in [0.2, 0.25) is 0 Å². The van der Waals surface area contributed by atoms with Crippen LogP contribution >= 0.6 is 12.2 Å². The molecule has 0 amide bonds. The average Bonchev–Trinajstić information content (AvgIpc) is 2.40. The summed E-state index contributed by atoms with van der Waals surface area (Å²) in [5.74, 6) is -0.881. The number of thiocarbonyl (C=S) groups is 1. The van der Waals surface area contributed by atoms with Crippen LogP contribution in [-0.4, -0.2) is 9.97 Å². The van der Waals surface area contributed by atoms with Gasteiger partial charge in [-0.25, -0.2) is 9.37 Å². The van der Waals surface area contributed by atoms with Gasteiger partial charge < -0.3 is 11.1 Å². The highest BCUT2D eigenvalue weighted by Crippen LogP contribution is 2.30. The van der Waals surface area contributed by atoms with Crippen molar-refractivity contribution in [3.8, 4) is 0 Å². The second kappa shape index (κ2) is 5.65. The molecule has 0 radical (unpaired) electrons. The fourth-order valence-electron chi connectivity index (χ4n) is 1.60. The summed E-state index contributed by atoms with van der Waals surface area (Å²) in [5, 5.41) is 2.48. The first-order valence-corrected chi connectivity index (χ1v) is 6.09. The van der Waals surface area contributed by atoms with Crippen LogP contribution in [0.15, 0.2) is 36.4 Å². The molecule has 0 aliphatic rings. The standard InChI is InChI=1S/C13H9F4N3S/c14-8-3-1-2-4-9(8)19-12-7(11(18)21)5-6-10(20-12)13(15,16)17/h1-6H,(H2,18,21)(H,19,20). The lowest BCUT2D eigenvalue weighted by Gasteiger charge is -2.13. The van der Waals surface area contributed by atoms with Crippen molar-refractivity contribution in [3.63, 3.8) is 0 Å². The quantitative estimate of drug-likeness (QED) is 0.671. The van der Waals surface area contributed by atoms with E-state index in [1.807, 2.05) is 0 Å². The van der Waals surface area contributed by atoms with E-state index in [1.165, 1.54) is 18.2 Å². The molecule has 3 N–H and O–H groups in total. The summed E-state index contributed by atoms with van der Waals surface area (Å²) < 4.78 is 51.6. The van der Waals surface area contributed by atoms with Gasteiger partial charge in [0.25, 0.3) is 0 Å². The Morgan fingerprint density at radius 1 is 1.14 bits per heavy atom. The van der Waals surface area contributed by atoms with Crippen LogP contribution in [0.1, 0.15) is 11.3 Å². The van der Waals surface area contributed by atoms with E-state index in [-0.39, 0.29) is 22.1 Å². The fourth-order valence-corrected chi connectivity index (χ4v) is 1.77. The van der Waals surface area contributed by atoms with Crippen LogP contribution in [0.3, 0.4) is 0 Å². The van der Waals surface area contributed by atoms with Gasteiger partial charge >= 0.3 is 6.18 Å². The molecule has 0 atom stereocenters. The van der Waals surface area contributed by atoms with Crippen molar-refractivity contribution in [1.82, 2.24) is 4.98 Å². The van der Waals surface area contributed by atoms with Crippen molar-refractivity contribution >= 4 is 28.7 Å². The zero-order valence-electron chi connectivity index (χ0n) is 10.4. The van der Waals surface area contributed by atoms with Gasteiger partial charge in [-0.3, -0.25) is 0 Å². The molecule has 2 rings (SSSR count). The van der Waals surface area contributed by atoms with Crippen LogP contribution in [0.25, 0.3) is 0 Å². The Bertz CT molecular complexity index is 685. The highest BCUT2D eigenvalue weighted by atomic mass is 32.1. The number of nitrogens with two attached hydrogens (primary N) is 1. The van der Waals surface area contributed by atoms with Gasteiger partial charge in [-0.05, 0) is 24.3 Å². The second-order valence-corrected chi connectivity index (χ2v) is 4.50. The third kappa shape index (κ3) is 3.46. The number of hydrogen-bond donors (Lipinski definition) is 2. The minimum atomic E-state index is -4.62. The molecule has 0 spiro atoms. The predicted octanol–water partition coefficient (Wildman–Crippen LogP) is 3.62. The van der Waals surface area contributed by atoms with E-state index in [0.29, 0.717) is 0 Å². The number of para-hydroxylation sites is 1. The molecule has 0 saturated carbocycles. The third-order valence-corrected chi connectivity index (χ3v) is 2.80. The summed E-state index contributed by atoms with van der Waals surface area (Å²) in [6.07, 6.45) is -4.62. The normalized spacial score (nSPS) is 11.2. The maximum absolute atomic E-state index is 13.6. The van der Waals surface area contributed by atoms with Crippen molar-refractivity contribution in [2.45, 2.75) is 6.18 Å². The van der Waals surface area contributed by atoms with Crippen molar-refractivity contribution in [2.24, 2.45) is 5.73 Å². The van der Waals surface area contributed by atoms with Crippen LogP contribution in [-0.2, 0) is 6.18 Å². The lowest BCUT2D eigenvalue weighted by atomic mass is 10.2. The van der Waals surface area contributed by atoms with Crippen LogP contribution in [0.4, 0.5) is 29.1 Å². The molecule has 1 aromatic heterocycles. The Hall–Kier alpha value is -2.22. The first-order chi connectivity index (χ1) is 9.79. The summed E-state index contributed by atoms with van der Waals surface area (Å²) in [6, 6.07) is 7.37. The van der Waals surface area contributed by atoms with Crippen molar-refractivity contribution in [2.75, 3.05) is 5.32 Å². The Morgan fingerprint density at radius 2 is 1.81 bits per heavy atom. The van der Waals surface area contributed by atoms with E-state index >= 15 is 0 Å². The van der Waals surface area contributed by atoms with E-state index in [0.717, 1.165) is 18.2 Å². The van der Waals surface area contributed by atoms with Gasteiger partial charge in [0.05, 0.1) is 11.3 Å². The first kappa shape index (κ1) is 15.2. The van der Waals surface area contributed by atoms with Gasteiger partial charge in [0.15, 0.2) is 0 Å². The van der Waals surface area contributed by atoms with Crippen molar-refractivity contribution < 1.29 is 17.6 Å². The highest BCUT2D eigenvalue weighted by molar-refractivity contribution is 7.80. The molecule has 3 nitrogen and oxygen atoms in total. The monoisotopic (exact) mass is 315 g/mol. The molecule has 0 aliphatic heterocycles. The highest BCUT2D eigenvalue weighted by Gasteiger charge is 2.33. The molecule has 2 aromatic rings. The van der Waals surface area contributed by atoms with Gasteiger partial charge in [-0.1, -0.05) is 24.4 Å². The molecule has 0 fully saturated rings. The number of nitrogens with zero attached hydrogens (tertiary/aromatic N) is 1. The second-order valence-electron chi connectivity index (χ2n) is 4.06. The Morgan fingerprint density at radius 3 is 2.38 bits per heavy atom. The van der Waals surface area contributed by atoms with Gasteiger partial charge in [-0.15, -0.1) is 0 Å². The largest absolute Gasteiger partial charge is 0.433 e. The molecule has 21 heavy (non-hydrogen) atoms. The van der Waals surface area contributed by atoms with E-state index in [9.17, 15) is 17.6 Å². The summed E-state index contributed by atoms with van der Waals surface area (Å²) in [6.45, 7) is 0. The summed E-state index contributed by atoms with van der Waals surface area (Å²) in [7, 11) is 0. The number of rotatable bonds is 3. The molecule has 0 unspecified atom stereocenters. The number of alkyl halides is 3. The van der Waals surface area contributed by atoms with Crippen LogP contribution in [0, 0.1) is 5.82 Å². The SMILES string of the molecule is NC(=S)c1ccc(C(F)(F)F)nc1Nc1ccccc1F. The van der Waals surface area contributed by atoms with E-state index in [1.54, 1.807) is 0 Å². The van der Waals surface area contributed by atoms with E-state index < -0.39 is 17.7 Å². The van der Waals surface area contributed by atoms with E-state index in [4.69, 9.17) is 18.0 Å². The maximum atomic E-state index is 13.6. The summed E-state index contributed by atoms with van der Waals surface area (Å²) in [4.78, 5) is 3.29. The molecular weight excluding hydrogens is 306 g/mol.